The molecule has 1 heterocycles. The summed E-state index contributed by atoms with van der Waals surface area (Å²) in [4.78, 5) is 14.2. The van der Waals surface area contributed by atoms with E-state index < -0.39 is 0 Å². The zero-order valence-corrected chi connectivity index (χ0v) is 12.6. The number of carbonyl (C=O) groups excluding carboxylic acids is 1. The number of nitriles is 1. The highest BCUT2D eigenvalue weighted by atomic mass is 16.1. The number of hydrogen-bond donors (Lipinski definition) is 2. The fourth-order valence-corrected chi connectivity index (χ4v) is 2.50. The van der Waals surface area contributed by atoms with E-state index in [0.717, 1.165) is 27.7 Å². The van der Waals surface area contributed by atoms with E-state index in [1.54, 1.807) is 0 Å². The number of nitrogens with zero attached hydrogens (tertiary/aromatic N) is 1. The molecular weight excluding hydrogens is 286 g/mol. The molecule has 0 fully saturated rings. The van der Waals surface area contributed by atoms with Gasteiger partial charge in [0.1, 0.15) is 0 Å². The number of amides is 1. The number of aromatic nitrogens is 1. The molecule has 0 spiro atoms. The Labute approximate surface area is 134 Å². The molecule has 23 heavy (non-hydrogen) atoms. The van der Waals surface area contributed by atoms with Crippen molar-refractivity contribution in [1.82, 2.24) is 4.98 Å². The van der Waals surface area contributed by atoms with Crippen LogP contribution in [0.3, 0.4) is 0 Å². The third-order valence-corrected chi connectivity index (χ3v) is 3.54. The summed E-state index contributed by atoms with van der Waals surface area (Å²) in [7, 11) is 0. The quantitative estimate of drug-likeness (QED) is 0.712. The highest BCUT2D eigenvalue weighted by molar-refractivity contribution is 6.01. The average Bonchev–Trinajstić information content (AvgIpc) is 2.98. The molecule has 0 aliphatic carbocycles. The van der Waals surface area contributed by atoms with Crippen molar-refractivity contribution in [3.8, 4) is 6.07 Å². The summed E-state index contributed by atoms with van der Waals surface area (Å²) in [5, 5.41) is 13.2. The third-order valence-electron chi connectivity index (χ3n) is 3.54. The minimum Gasteiger partial charge on any atom is -0.361 e. The number of para-hydroxylation sites is 1. The van der Waals surface area contributed by atoms with Crippen LogP contribution in [0.15, 0.2) is 54.7 Å². The van der Waals surface area contributed by atoms with E-state index in [1.165, 1.54) is 6.92 Å². The molecule has 0 unspecified atom stereocenters. The van der Waals surface area contributed by atoms with Crippen molar-refractivity contribution in [3.63, 3.8) is 0 Å². The van der Waals surface area contributed by atoms with Gasteiger partial charge in [-0.1, -0.05) is 30.3 Å². The van der Waals surface area contributed by atoms with Crippen LogP contribution in [0.25, 0.3) is 22.6 Å². The highest BCUT2D eigenvalue weighted by Gasteiger charge is 2.08. The van der Waals surface area contributed by atoms with Crippen molar-refractivity contribution in [2.75, 3.05) is 5.32 Å². The summed E-state index contributed by atoms with van der Waals surface area (Å²) in [6.45, 7) is 1.47. The molecule has 4 nitrogen and oxygen atoms in total. The van der Waals surface area contributed by atoms with Crippen molar-refractivity contribution >= 4 is 34.1 Å². The molecule has 3 aromatic rings. The first-order chi connectivity index (χ1) is 11.2. The molecule has 2 aromatic carbocycles. The second-order valence-corrected chi connectivity index (χ2v) is 5.22. The summed E-state index contributed by atoms with van der Waals surface area (Å²) in [6, 6.07) is 17.5. The van der Waals surface area contributed by atoms with Gasteiger partial charge in [0.15, 0.2) is 0 Å². The van der Waals surface area contributed by atoms with Gasteiger partial charge in [0, 0.05) is 35.3 Å². The van der Waals surface area contributed by atoms with Gasteiger partial charge in [-0.25, -0.2) is 0 Å². The maximum absolute atomic E-state index is 11.0. The van der Waals surface area contributed by atoms with Gasteiger partial charge in [0.05, 0.1) is 11.6 Å². The van der Waals surface area contributed by atoms with Gasteiger partial charge in [0.2, 0.25) is 5.91 Å². The number of hydrogen-bond acceptors (Lipinski definition) is 2. The van der Waals surface area contributed by atoms with Crippen molar-refractivity contribution in [2.45, 2.75) is 6.92 Å². The summed E-state index contributed by atoms with van der Waals surface area (Å²) >= 11 is 0. The van der Waals surface area contributed by atoms with E-state index in [1.807, 2.05) is 60.8 Å². The Bertz CT molecular complexity index is 927. The zero-order chi connectivity index (χ0) is 16.2. The lowest BCUT2D eigenvalue weighted by atomic mass is 10.0. The Morgan fingerprint density at radius 3 is 2.61 bits per heavy atom. The Hall–Kier alpha value is -3.32. The predicted molar refractivity (Wildman–Crippen MR) is 92.5 cm³/mol. The van der Waals surface area contributed by atoms with Crippen molar-refractivity contribution in [3.05, 3.63) is 65.9 Å². The first-order valence-corrected chi connectivity index (χ1v) is 7.23. The molecule has 4 heteroatoms. The van der Waals surface area contributed by atoms with Gasteiger partial charge < -0.3 is 10.3 Å². The lowest BCUT2D eigenvalue weighted by molar-refractivity contribution is -0.114. The third kappa shape index (κ3) is 3.14. The summed E-state index contributed by atoms with van der Waals surface area (Å²) in [5.41, 5.74) is 4.12. The first kappa shape index (κ1) is 14.6. The predicted octanol–water partition coefficient (Wildman–Crippen LogP) is 4.19. The van der Waals surface area contributed by atoms with Crippen LogP contribution in [0.5, 0.6) is 0 Å². The highest BCUT2D eigenvalue weighted by Crippen LogP contribution is 2.26. The lowest BCUT2D eigenvalue weighted by Crippen LogP contribution is -2.05. The molecule has 112 valence electrons. The lowest BCUT2D eigenvalue weighted by Gasteiger charge is -2.02. The number of fused-ring (bicyclic) bond motifs is 1. The molecular formula is C19H15N3O. The number of carbonyl (C=O) groups is 1. The molecule has 0 atom stereocenters. The van der Waals surface area contributed by atoms with Gasteiger partial charge in [-0.2, -0.15) is 5.26 Å². The van der Waals surface area contributed by atoms with Crippen LogP contribution in [-0.2, 0) is 4.79 Å². The van der Waals surface area contributed by atoms with Gasteiger partial charge in [-0.3, -0.25) is 4.79 Å². The molecule has 0 saturated carbocycles. The number of benzene rings is 2. The Kier molecular flexibility index (Phi) is 3.94. The maximum atomic E-state index is 11.0. The normalized spacial score (nSPS) is 11.2. The molecule has 0 aliphatic heterocycles. The van der Waals surface area contributed by atoms with Crippen LogP contribution >= 0.6 is 0 Å². The molecule has 3 rings (SSSR count). The summed E-state index contributed by atoms with van der Waals surface area (Å²) in [6.07, 6.45) is 3.69. The van der Waals surface area contributed by atoms with E-state index >= 15 is 0 Å². The minimum atomic E-state index is -0.107. The van der Waals surface area contributed by atoms with Crippen molar-refractivity contribution < 1.29 is 4.79 Å². The summed E-state index contributed by atoms with van der Waals surface area (Å²) in [5.74, 6) is -0.107. The molecule has 0 bridgehead atoms. The van der Waals surface area contributed by atoms with Crippen LogP contribution in [0, 0.1) is 11.3 Å². The molecule has 1 aromatic heterocycles. The standard InChI is InChI=1S/C19H15N3O/c1-13(23)22-16-8-6-14(7-9-16)10-15(11-20)18-12-21-19-5-3-2-4-17(18)19/h2-10,12,21H,1H3,(H,22,23)/b15-10+. The maximum Gasteiger partial charge on any atom is 0.221 e. The monoisotopic (exact) mass is 301 g/mol. The average molecular weight is 301 g/mol. The number of anilines is 1. The Morgan fingerprint density at radius 1 is 1.17 bits per heavy atom. The van der Waals surface area contributed by atoms with E-state index in [9.17, 15) is 10.1 Å². The van der Waals surface area contributed by atoms with E-state index in [4.69, 9.17) is 0 Å². The van der Waals surface area contributed by atoms with Gasteiger partial charge >= 0.3 is 0 Å². The van der Waals surface area contributed by atoms with Crippen molar-refractivity contribution in [2.24, 2.45) is 0 Å². The van der Waals surface area contributed by atoms with Crippen LogP contribution < -0.4 is 5.32 Å². The topological polar surface area (TPSA) is 68.7 Å². The van der Waals surface area contributed by atoms with Crippen LogP contribution in [0.2, 0.25) is 0 Å². The number of H-pyrrole nitrogens is 1. The largest absolute Gasteiger partial charge is 0.361 e. The van der Waals surface area contributed by atoms with Crippen LogP contribution in [0.1, 0.15) is 18.1 Å². The van der Waals surface area contributed by atoms with Crippen molar-refractivity contribution in [1.29, 1.82) is 5.26 Å². The van der Waals surface area contributed by atoms with Gasteiger partial charge in [0.25, 0.3) is 0 Å². The van der Waals surface area contributed by atoms with Crippen LogP contribution in [0.4, 0.5) is 5.69 Å². The first-order valence-electron chi connectivity index (χ1n) is 7.23. The molecule has 0 aliphatic rings. The SMILES string of the molecule is CC(=O)Nc1ccc(/C=C(\C#N)c2c[nH]c3ccccc23)cc1. The smallest absolute Gasteiger partial charge is 0.221 e. The van der Waals surface area contributed by atoms with Crippen LogP contribution in [-0.4, -0.2) is 10.9 Å². The van der Waals surface area contributed by atoms with Gasteiger partial charge in [-0.05, 0) is 29.8 Å². The molecule has 2 N–H and O–H groups in total. The minimum absolute atomic E-state index is 0.107. The Balaban J connectivity index is 1.96. The second-order valence-electron chi connectivity index (χ2n) is 5.22. The number of allylic oxidation sites excluding steroid dienone is 1. The fourth-order valence-electron chi connectivity index (χ4n) is 2.50. The Morgan fingerprint density at radius 2 is 1.91 bits per heavy atom. The van der Waals surface area contributed by atoms with E-state index in [0.29, 0.717) is 5.57 Å². The van der Waals surface area contributed by atoms with E-state index in [2.05, 4.69) is 16.4 Å². The molecule has 0 radical (unpaired) electrons. The summed E-state index contributed by atoms with van der Waals surface area (Å²) < 4.78 is 0. The second kappa shape index (κ2) is 6.20. The fraction of sp³-hybridized carbons (Fsp3) is 0.0526. The molecule has 1 amide bonds. The number of aromatic amines is 1. The number of rotatable bonds is 3. The van der Waals surface area contributed by atoms with E-state index in [-0.39, 0.29) is 5.91 Å². The van der Waals surface area contributed by atoms with Gasteiger partial charge in [-0.15, -0.1) is 0 Å². The number of nitrogens with one attached hydrogen (secondary N) is 2. The molecule has 0 saturated heterocycles. The zero-order valence-electron chi connectivity index (χ0n) is 12.6.